The normalized spacial score (nSPS) is 40.5. The first-order chi connectivity index (χ1) is 15.7. The zero-order valence-electron chi connectivity index (χ0n) is 17.5. The predicted octanol–water partition coefficient (Wildman–Crippen LogP) is -3.53. The topological polar surface area (TPSA) is 205 Å². The third kappa shape index (κ3) is 5.85. The van der Waals surface area contributed by atoms with Crippen molar-refractivity contribution in [2.75, 3.05) is 19.8 Å². The van der Waals surface area contributed by atoms with Gasteiger partial charge in [0.05, 0.1) is 19.3 Å². The summed E-state index contributed by atoms with van der Waals surface area (Å²) >= 11 is 0. The summed E-state index contributed by atoms with van der Waals surface area (Å²) in [6.07, 6.45) is -16.1. The van der Waals surface area contributed by atoms with Gasteiger partial charge in [-0.25, -0.2) is 4.39 Å². The van der Waals surface area contributed by atoms with E-state index >= 15 is 0 Å². The van der Waals surface area contributed by atoms with Crippen molar-refractivity contribution in [3.63, 3.8) is 0 Å². The van der Waals surface area contributed by atoms with Crippen LogP contribution >= 0.6 is 0 Å². The quantitative estimate of drug-likeness (QED) is 0.183. The van der Waals surface area contributed by atoms with Gasteiger partial charge in [0.15, 0.2) is 12.6 Å². The Morgan fingerprint density at radius 2 is 1.36 bits per heavy atom. The van der Waals surface area contributed by atoms with Crippen molar-refractivity contribution in [3.8, 4) is 0 Å². The molecule has 12 nitrogen and oxygen atoms in total. The number of halogens is 1. The largest absolute Gasteiger partial charge is 0.394 e. The molecule has 2 heterocycles. The van der Waals surface area contributed by atoms with Gasteiger partial charge in [-0.15, -0.1) is 0 Å². The number of hydrogen-bond donors (Lipinski definition) is 8. The molecular weight excluding hydrogens is 449 g/mol. The van der Waals surface area contributed by atoms with Crippen molar-refractivity contribution < 1.29 is 59.1 Å². The van der Waals surface area contributed by atoms with Gasteiger partial charge in [-0.3, -0.25) is 0 Å². The van der Waals surface area contributed by atoms with E-state index in [1.807, 2.05) is 0 Å². The highest BCUT2D eigenvalue weighted by molar-refractivity contribution is 5.19. The molecule has 1 aromatic carbocycles. The number of benzene rings is 1. The minimum atomic E-state index is -1.70. The smallest absolute Gasteiger partial charge is 0.187 e. The first-order valence-corrected chi connectivity index (χ1v) is 10.4. The third-order valence-electron chi connectivity index (χ3n) is 5.70. The van der Waals surface area contributed by atoms with E-state index < -0.39 is 86.5 Å². The van der Waals surface area contributed by atoms with Crippen molar-refractivity contribution in [2.45, 2.75) is 67.5 Å². The molecule has 1 unspecified atom stereocenters. The van der Waals surface area contributed by atoms with E-state index in [0.717, 1.165) is 0 Å². The average molecular weight is 479 g/mol. The number of aliphatic hydroxyl groups excluding tert-OH is 7. The second-order valence-corrected chi connectivity index (χ2v) is 7.96. The molecule has 33 heavy (non-hydrogen) atoms. The van der Waals surface area contributed by atoms with Crippen molar-refractivity contribution >= 4 is 0 Å². The van der Waals surface area contributed by atoms with Crippen LogP contribution in [0.5, 0.6) is 0 Å². The van der Waals surface area contributed by atoms with Gasteiger partial charge in [-0.1, -0.05) is 12.1 Å². The van der Waals surface area contributed by atoms with Crippen LogP contribution in [0.2, 0.25) is 0 Å². The van der Waals surface area contributed by atoms with Crippen LogP contribution in [0.25, 0.3) is 0 Å². The minimum absolute atomic E-state index is 0.0666. The summed E-state index contributed by atoms with van der Waals surface area (Å²) in [4.78, 5) is 0. The van der Waals surface area contributed by atoms with Crippen LogP contribution in [-0.2, 0) is 18.9 Å². The number of rotatable bonds is 8. The van der Waals surface area contributed by atoms with E-state index in [1.54, 1.807) is 0 Å². The summed E-state index contributed by atoms with van der Waals surface area (Å²) in [5, 5.41) is 69.8. The Labute approximate surface area is 188 Å². The van der Waals surface area contributed by atoms with Crippen LogP contribution in [0.15, 0.2) is 24.3 Å². The third-order valence-corrected chi connectivity index (χ3v) is 5.70. The van der Waals surface area contributed by atoms with Crippen LogP contribution in [0.1, 0.15) is 11.7 Å². The Balaban J connectivity index is 1.65. The predicted molar refractivity (Wildman–Crippen MR) is 106 cm³/mol. The van der Waals surface area contributed by atoms with Crippen LogP contribution in [-0.4, -0.2) is 117 Å². The molecule has 11 atom stereocenters. The van der Waals surface area contributed by atoms with E-state index in [1.165, 1.54) is 24.3 Å². The van der Waals surface area contributed by atoms with Gasteiger partial charge >= 0.3 is 0 Å². The fraction of sp³-hybridized carbons (Fsp3) is 0.700. The molecule has 188 valence electrons. The lowest BCUT2D eigenvalue weighted by atomic mass is 9.98. The highest BCUT2D eigenvalue weighted by atomic mass is 19.1. The van der Waals surface area contributed by atoms with Gasteiger partial charge in [0.2, 0.25) is 0 Å². The molecule has 2 aliphatic heterocycles. The molecule has 0 radical (unpaired) electrons. The van der Waals surface area contributed by atoms with E-state index in [2.05, 4.69) is 0 Å². The van der Waals surface area contributed by atoms with Crippen molar-refractivity contribution in [3.05, 3.63) is 35.6 Å². The second-order valence-electron chi connectivity index (χ2n) is 7.96. The summed E-state index contributed by atoms with van der Waals surface area (Å²) < 4.78 is 35.0. The average Bonchev–Trinajstić information content (AvgIpc) is 2.82. The standard InChI is InChI=1S/C20H30FNO11/c21-9-3-1-8(2-4-9)10(5-22)31-20-18(29)16(27)14(25)12(33-20)7-30-19-17(28)15(26)13(24)11(6-23)32-19/h1-4,10-20,23-29H,5-7,22H2/t10?,11-,12-,13-,14-,15+,16+,17-,18-,19-,20-/m1/s1. The van der Waals surface area contributed by atoms with Crippen molar-refractivity contribution in [1.29, 1.82) is 0 Å². The molecule has 9 N–H and O–H groups in total. The molecule has 2 fully saturated rings. The van der Waals surface area contributed by atoms with E-state index in [4.69, 9.17) is 24.7 Å². The molecule has 0 aromatic heterocycles. The van der Waals surface area contributed by atoms with Crippen molar-refractivity contribution in [1.82, 2.24) is 0 Å². The summed E-state index contributed by atoms with van der Waals surface area (Å²) in [6.45, 7) is -1.21. The zero-order chi connectivity index (χ0) is 24.3. The number of hydrogen-bond acceptors (Lipinski definition) is 12. The summed E-state index contributed by atoms with van der Waals surface area (Å²) in [5.74, 6) is -0.465. The molecule has 0 saturated carbocycles. The first-order valence-electron chi connectivity index (χ1n) is 10.4. The van der Waals surface area contributed by atoms with Gasteiger partial charge in [0.1, 0.15) is 54.6 Å². The fourth-order valence-corrected chi connectivity index (χ4v) is 3.67. The maximum Gasteiger partial charge on any atom is 0.187 e. The molecule has 2 aliphatic rings. The number of nitrogens with two attached hydrogens (primary N) is 1. The van der Waals surface area contributed by atoms with Crippen LogP contribution < -0.4 is 5.73 Å². The summed E-state index contributed by atoms with van der Waals surface area (Å²) in [5.41, 5.74) is 6.21. The maximum absolute atomic E-state index is 13.2. The minimum Gasteiger partial charge on any atom is -0.394 e. The lowest BCUT2D eigenvalue weighted by Crippen LogP contribution is -2.61. The Morgan fingerprint density at radius 1 is 0.818 bits per heavy atom. The van der Waals surface area contributed by atoms with Gasteiger partial charge in [-0.2, -0.15) is 0 Å². The van der Waals surface area contributed by atoms with Crippen LogP contribution in [0.4, 0.5) is 4.39 Å². The highest BCUT2D eigenvalue weighted by Crippen LogP contribution is 2.29. The molecule has 13 heteroatoms. The number of aliphatic hydroxyl groups is 7. The van der Waals surface area contributed by atoms with E-state index in [-0.39, 0.29) is 6.54 Å². The monoisotopic (exact) mass is 479 g/mol. The molecule has 3 rings (SSSR count). The van der Waals surface area contributed by atoms with Gasteiger partial charge in [0, 0.05) is 6.54 Å². The van der Waals surface area contributed by atoms with Gasteiger partial charge in [-0.05, 0) is 17.7 Å². The van der Waals surface area contributed by atoms with Crippen LogP contribution in [0.3, 0.4) is 0 Å². The highest BCUT2D eigenvalue weighted by Gasteiger charge is 2.47. The van der Waals surface area contributed by atoms with Crippen molar-refractivity contribution in [2.24, 2.45) is 5.73 Å². The zero-order valence-corrected chi connectivity index (χ0v) is 17.5. The number of ether oxygens (including phenoxy) is 4. The van der Waals surface area contributed by atoms with E-state index in [9.17, 15) is 40.1 Å². The molecule has 0 aliphatic carbocycles. The molecule has 1 aromatic rings. The summed E-state index contributed by atoms with van der Waals surface area (Å²) in [6, 6.07) is 5.28. The fourth-order valence-electron chi connectivity index (χ4n) is 3.67. The molecule has 0 amide bonds. The molecule has 0 bridgehead atoms. The SMILES string of the molecule is NCC(O[C@@H]1O[C@H](CO[C@@H]2O[C@H](CO)[C@@H](O)[C@H](O)[C@H]2O)[C@@H](O)[C@H](O)[C@H]1O)c1ccc(F)cc1. The van der Waals surface area contributed by atoms with Gasteiger partial charge < -0.3 is 60.4 Å². The Kier molecular flexibility index (Phi) is 9.08. The lowest BCUT2D eigenvalue weighted by Gasteiger charge is -2.43. The molecule has 2 saturated heterocycles. The Morgan fingerprint density at radius 3 is 1.94 bits per heavy atom. The summed E-state index contributed by atoms with van der Waals surface area (Å²) in [7, 11) is 0. The lowest BCUT2D eigenvalue weighted by molar-refractivity contribution is -0.335. The molecule has 0 spiro atoms. The maximum atomic E-state index is 13.2. The Hall–Kier alpha value is -1.33. The van der Waals surface area contributed by atoms with Crippen LogP contribution in [0, 0.1) is 5.82 Å². The first kappa shape index (κ1) is 26.3. The van der Waals surface area contributed by atoms with Gasteiger partial charge in [0.25, 0.3) is 0 Å². The Bertz CT molecular complexity index is 741. The second kappa shape index (κ2) is 11.4. The van der Waals surface area contributed by atoms with E-state index in [0.29, 0.717) is 5.56 Å². The molecular formula is C20H30FNO11.